The second kappa shape index (κ2) is 5.16. The molecular weight excluding hydrogens is 268 g/mol. The van der Waals surface area contributed by atoms with Gasteiger partial charge in [-0.15, -0.1) is 0 Å². The number of hydrogen-bond acceptors (Lipinski definition) is 4. The lowest BCUT2D eigenvalue weighted by atomic mass is 10.1. The first-order chi connectivity index (χ1) is 8.94. The SMILES string of the molecule is CCN(C(=O)c1ccc[nH]c1=O)C1CCS(=O)(=O)C1. The number of nitrogens with one attached hydrogen (secondary N) is 1. The van der Waals surface area contributed by atoms with Crippen LogP contribution in [-0.2, 0) is 9.84 Å². The van der Waals surface area contributed by atoms with E-state index in [-0.39, 0.29) is 23.1 Å². The van der Waals surface area contributed by atoms with Crippen LogP contribution in [0.3, 0.4) is 0 Å². The highest BCUT2D eigenvalue weighted by atomic mass is 32.2. The van der Waals surface area contributed by atoms with Gasteiger partial charge in [-0.2, -0.15) is 0 Å². The largest absolute Gasteiger partial charge is 0.335 e. The van der Waals surface area contributed by atoms with Crippen LogP contribution in [0.1, 0.15) is 23.7 Å². The molecule has 1 aliphatic heterocycles. The summed E-state index contributed by atoms with van der Waals surface area (Å²) in [5.41, 5.74) is -0.402. The molecule has 7 heteroatoms. The molecule has 19 heavy (non-hydrogen) atoms. The fourth-order valence-corrected chi connectivity index (χ4v) is 4.06. The average molecular weight is 284 g/mol. The van der Waals surface area contributed by atoms with Crippen LogP contribution in [0.5, 0.6) is 0 Å². The van der Waals surface area contributed by atoms with E-state index < -0.39 is 21.3 Å². The van der Waals surface area contributed by atoms with Crippen LogP contribution in [0.4, 0.5) is 0 Å². The Morgan fingerprint density at radius 2 is 2.26 bits per heavy atom. The summed E-state index contributed by atoms with van der Waals surface area (Å²) in [4.78, 5) is 27.8. The van der Waals surface area contributed by atoms with Crippen molar-refractivity contribution in [2.24, 2.45) is 0 Å². The Balaban J connectivity index is 2.26. The second-order valence-corrected chi connectivity index (χ2v) is 6.79. The van der Waals surface area contributed by atoms with Crippen molar-refractivity contribution in [2.75, 3.05) is 18.1 Å². The Kier molecular flexibility index (Phi) is 3.75. The molecule has 0 aliphatic carbocycles. The van der Waals surface area contributed by atoms with E-state index in [1.807, 2.05) is 0 Å². The number of sulfone groups is 1. The molecule has 0 saturated carbocycles. The summed E-state index contributed by atoms with van der Waals surface area (Å²) in [6, 6.07) is 2.70. The van der Waals surface area contributed by atoms with Crippen LogP contribution in [-0.4, -0.2) is 48.3 Å². The number of aromatic nitrogens is 1. The zero-order valence-corrected chi connectivity index (χ0v) is 11.4. The van der Waals surface area contributed by atoms with Gasteiger partial charge in [0.1, 0.15) is 5.56 Å². The number of carbonyl (C=O) groups is 1. The first-order valence-electron chi connectivity index (χ1n) is 6.13. The molecule has 104 valence electrons. The first kappa shape index (κ1) is 13.8. The summed E-state index contributed by atoms with van der Waals surface area (Å²) < 4.78 is 23.0. The number of nitrogens with zero attached hydrogens (tertiary/aromatic N) is 1. The molecule has 1 atom stereocenters. The molecule has 0 bridgehead atoms. The van der Waals surface area contributed by atoms with Gasteiger partial charge in [-0.3, -0.25) is 9.59 Å². The van der Waals surface area contributed by atoms with Gasteiger partial charge in [-0.05, 0) is 25.5 Å². The van der Waals surface area contributed by atoms with Crippen LogP contribution < -0.4 is 5.56 Å². The van der Waals surface area contributed by atoms with Gasteiger partial charge in [0, 0.05) is 18.8 Å². The van der Waals surface area contributed by atoms with Crippen molar-refractivity contribution in [1.82, 2.24) is 9.88 Å². The monoisotopic (exact) mass is 284 g/mol. The number of hydrogen-bond donors (Lipinski definition) is 1. The lowest BCUT2D eigenvalue weighted by Crippen LogP contribution is -2.42. The van der Waals surface area contributed by atoms with Gasteiger partial charge in [-0.25, -0.2) is 8.42 Å². The third kappa shape index (κ3) is 2.86. The van der Waals surface area contributed by atoms with Crippen molar-refractivity contribution in [2.45, 2.75) is 19.4 Å². The van der Waals surface area contributed by atoms with E-state index in [1.54, 1.807) is 13.0 Å². The highest BCUT2D eigenvalue weighted by Crippen LogP contribution is 2.18. The third-order valence-corrected chi connectivity index (χ3v) is 5.05. The van der Waals surface area contributed by atoms with E-state index in [9.17, 15) is 18.0 Å². The Bertz CT molecular complexity index is 635. The minimum atomic E-state index is -3.06. The first-order valence-corrected chi connectivity index (χ1v) is 7.96. The van der Waals surface area contributed by atoms with Gasteiger partial charge >= 0.3 is 0 Å². The van der Waals surface area contributed by atoms with Crippen molar-refractivity contribution >= 4 is 15.7 Å². The third-order valence-electron chi connectivity index (χ3n) is 3.30. The van der Waals surface area contributed by atoms with Crippen LogP contribution in [0, 0.1) is 0 Å². The number of aromatic amines is 1. The van der Waals surface area contributed by atoms with E-state index >= 15 is 0 Å². The molecule has 2 heterocycles. The lowest BCUT2D eigenvalue weighted by molar-refractivity contribution is 0.0706. The van der Waals surface area contributed by atoms with E-state index in [0.29, 0.717) is 13.0 Å². The molecule has 1 aliphatic rings. The van der Waals surface area contributed by atoms with Gasteiger partial charge in [0.05, 0.1) is 11.5 Å². The summed E-state index contributed by atoms with van der Waals surface area (Å²) >= 11 is 0. The topological polar surface area (TPSA) is 87.3 Å². The van der Waals surface area contributed by atoms with Crippen LogP contribution in [0.2, 0.25) is 0 Å². The smallest absolute Gasteiger partial charge is 0.260 e. The number of rotatable bonds is 3. The molecule has 0 radical (unpaired) electrons. The molecule has 6 nitrogen and oxygen atoms in total. The Labute approximate surface area is 111 Å². The van der Waals surface area contributed by atoms with E-state index in [0.717, 1.165) is 0 Å². The highest BCUT2D eigenvalue weighted by Gasteiger charge is 2.34. The van der Waals surface area contributed by atoms with Gasteiger partial charge in [0.2, 0.25) is 0 Å². The van der Waals surface area contributed by atoms with Gasteiger partial charge in [0.25, 0.3) is 11.5 Å². The standard InChI is InChI=1S/C12H16N2O4S/c1-2-14(9-5-7-19(17,18)8-9)12(16)10-4-3-6-13-11(10)15/h3-4,6,9H,2,5,7-8H2,1H3,(H,13,15). The number of carbonyl (C=O) groups excluding carboxylic acids is 1. The highest BCUT2D eigenvalue weighted by molar-refractivity contribution is 7.91. The molecule has 2 rings (SSSR count). The summed E-state index contributed by atoms with van der Waals surface area (Å²) in [6.45, 7) is 2.16. The number of amides is 1. The molecular formula is C12H16N2O4S. The van der Waals surface area contributed by atoms with Crippen molar-refractivity contribution < 1.29 is 13.2 Å². The number of pyridine rings is 1. The maximum absolute atomic E-state index is 12.3. The van der Waals surface area contributed by atoms with E-state index in [4.69, 9.17) is 0 Å². The molecule has 1 N–H and O–H groups in total. The quantitative estimate of drug-likeness (QED) is 0.848. The maximum atomic E-state index is 12.3. The van der Waals surface area contributed by atoms with E-state index in [2.05, 4.69) is 4.98 Å². The second-order valence-electron chi connectivity index (χ2n) is 4.56. The molecule has 1 fully saturated rings. The summed E-state index contributed by atoms with van der Waals surface area (Å²) in [5, 5.41) is 0. The zero-order chi connectivity index (χ0) is 14.0. The minimum absolute atomic E-state index is 0.0165. The predicted octanol–water partition coefficient (Wildman–Crippen LogP) is 0.0241. The molecule has 1 aromatic heterocycles. The Morgan fingerprint density at radius 3 is 2.79 bits per heavy atom. The lowest BCUT2D eigenvalue weighted by Gasteiger charge is -2.26. The van der Waals surface area contributed by atoms with Crippen LogP contribution in [0.25, 0.3) is 0 Å². The van der Waals surface area contributed by atoms with Gasteiger partial charge in [0.15, 0.2) is 9.84 Å². The Hall–Kier alpha value is -1.63. The van der Waals surface area contributed by atoms with Crippen molar-refractivity contribution in [1.29, 1.82) is 0 Å². The van der Waals surface area contributed by atoms with Gasteiger partial charge < -0.3 is 9.88 Å². The van der Waals surface area contributed by atoms with Gasteiger partial charge in [-0.1, -0.05) is 0 Å². The molecule has 1 aromatic rings. The van der Waals surface area contributed by atoms with Crippen LogP contribution in [0.15, 0.2) is 23.1 Å². The average Bonchev–Trinajstić information content (AvgIpc) is 2.71. The van der Waals surface area contributed by atoms with Crippen molar-refractivity contribution in [3.8, 4) is 0 Å². The molecule has 1 saturated heterocycles. The molecule has 1 unspecified atom stereocenters. The zero-order valence-electron chi connectivity index (χ0n) is 10.6. The number of H-pyrrole nitrogens is 1. The fraction of sp³-hybridized carbons (Fsp3) is 0.500. The van der Waals surface area contributed by atoms with Crippen LogP contribution >= 0.6 is 0 Å². The normalized spacial score (nSPS) is 21.2. The summed E-state index contributed by atoms with van der Waals surface area (Å²) in [7, 11) is -3.06. The summed E-state index contributed by atoms with van der Waals surface area (Å²) in [6.07, 6.45) is 1.89. The molecule has 0 spiro atoms. The summed E-state index contributed by atoms with van der Waals surface area (Å²) in [5.74, 6) is -0.323. The van der Waals surface area contributed by atoms with E-state index in [1.165, 1.54) is 17.2 Å². The predicted molar refractivity (Wildman–Crippen MR) is 70.8 cm³/mol. The molecule has 1 amide bonds. The van der Waals surface area contributed by atoms with Crippen molar-refractivity contribution in [3.63, 3.8) is 0 Å². The minimum Gasteiger partial charge on any atom is -0.335 e. The molecule has 0 aromatic carbocycles. The Morgan fingerprint density at radius 1 is 1.53 bits per heavy atom. The fourth-order valence-electron chi connectivity index (χ4n) is 2.33. The van der Waals surface area contributed by atoms with Crippen molar-refractivity contribution in [3.05, 3.63) is 34.2 Å². The maximum Gasteiger partial charge on any atom is 0.260 e.